The quantitative estimate of drug-likeness (QED) is 0.407. The molecule has 0 saturated carbocycles. The normalized spacial score (nSPS) is 32.9. The van der Waals surface area contributed by atoms with Crippen molar-refractivity contribution in [3.63, 3.8) is 0 Å². The van der Waals surface area contributed by atoms with E-state index in [2.05, 4.69) is 5.10 Å². The minimum atomic E-state index is -1.33. The Balaban J connectivity index is 2.32. The van der Waals surface area contributed by atoms with Gasteiger partial charge in [-0.2, -0.15) is 0 Å². The topological polar surface area (TPSA) is 137 Å². The van der Waals surface area contributed by atoms with Crippen molar-refractivity contribution >= 4 is 5.82 Å². The number of aromatic nitrogens is 3. The van der Waals surface area contributed by atoms with Crippen molar-refractivity contribution in [1.29, 1.82) is 0 Å². The van der Waals surface area contributed by atoms with Gasteiger partial charge in [0.1, 0.15) is 23.4 Å². The molecule has 2 rings (SSSR count). The predicted molar refractivity (Wildman–Crippen MR) is 53.0 cm³/mol. The van der Waals surface area contributed by atoms with E-state index in [0.717, 1.165) is 4.68 Å². The van der Waals surface area contributed by atoms with Crippen LogP contribution in [0.1, 0.15) is 6.23 Å². The van der Waals surface area contributed by atoms with Gasteiger partial charge in [-0.15, -0.1) is 0 Å². The van der Waals surface area contributed by atoms with Crippen LogP contribution in [-0.4, -0.2) is 50.0 Å². The van der Waals surface area contributed by atoms with E-state index >= 15 is 0 Å². The van der Waals surface area contributed by atoms with Crippen LogP contribution < -0.4 is 10.4 Å². The predicted octanol–water partition coefficient (Wildman–Crippen LogP) is -3.01. The first-order valence-corrected chi connectivity index (χ1v) is 4.95. The summed E-state index contributed by atoms with van der Waals surface area (Å²) in [5.74, 6) is 0.0167. The molecule has 1 aromatic rings. The lowest BCUT2D eigenvalue weighted by Crippen LogP contribution is -2.41. The summed E-state index contributed by atoms with van der Waals surface area (Å²) < 4.78 is 6.23. The lowest BCUT2D eigenvalue weighted by Gasteiger charge is -2.10. The summed E-state index contributed by atoms with van der Waals surface area (Å²) in [6, 6.07) is 1.35. The molecule has 2 heterocycles. The first kappa shape index (κ1) is 11.9. The van der Waals surface area contributed by atoms with Crippen LogP contribution in [-0.2, 0) is 4.74 Å². The fourth-order valence-corrected chi connectivity index (χ4v) is 1.67. The molecule has 0 spiro atoms. The molecule has 1 fully saturated rings. The average molecular weight is 245 g/mol. The average Bonchev–Trinajstić information content (AvgIpc) is 2.57. The number of aliphatic hydroxyl groups is 3. The highest BCUT2D eigenvalue weighted by Crippen LogP contribution is 2.27. The lowest BCUT2D eigenvalue weighted by molar-refractivity contribution is -0.668. The van der Waals surface area contributed by atoms with Crippen LogP contribution in [0.15, 0.2) is 12.3 Å². The van der Waals surface area contributed by atoms with Gasteiger partial charge in [0.05, 0.1) is 17.7 Å². The number of aliphatic hydroxyl groups excluding tert-OH is 3. The Morgan fingerprint density at radius 3 is 2.76 bits per heavy atom. The molecule has 9 heteroatoms. The van der Waals surface area contributed by atoms with Crippen molar-refractivity contribution in [2.45, 2.75) is 24.5 Å². The van der Waals surface area contributed by atoms with Crippen molar-refractivity contribution in [2.75, 3.05) is 12.3 Å². The summed E-state index contributed by atoms with van der Waals surface area (Å²) >= 11 is 0. The third kappa shape index (κ3) is 2.00. The molecular formula is C8H13N4O5+. The van der Waals surface area contributed by atoms with E-state index in [9.17, 15) is 15.1 Å². The highest BCUT2D eigenvalue weighted by atomic mass is 16.6. The fourth-order valence-electron chi connectivity index (χ4n) is 1.67. The van der Waals surface area contributed by atoms with E-state index in [4.69, 9.17) is 15.6 Å². The van der Waals surface area contributed by atoms with Gasteiger partial charge in [-0.25, -0.2) is 0 Å². The van der Waals surface area contributed by atoms with Crippen LogP contribution >= 0.6 is 0 Å². The molecule has 0 unspecified atom stereocenters. The van der Waals surface area contributed by atoms with Crippen LogP contribution in [0.3, 0.4) is 0 Å². The Morgan fingerprint density at radius 1 is 1.53 bits per heavy atom. The maximum absolute atomic E-state index is 11.4. The minimum absolute atomic E-state index is 0.0167. The highest BCUT2D eigenvalue weighted by molar-refractivity contribution is 5.20. The second kappa shape index (κ2) is 4.37. The number of nitrogen functional groups attached to an aromatic ring is 1. The van der Waals surface area contributed by atoms with Gasteiger partial charge in [0.2, 0.25) is 12.0 Å². The minimum Gasteiger partial charge on any atom is -0.394 e. The second-order valence-electron chi connectivity index (χ2n) is 3.70. The lowest BCUT2D eigenvalue weighted by atomic mass is 10.1. The third-order valence-electron chi connectivity index (χ3n) is 2.57. The third-order valence-corrected chi connectivity index (χ3v) is 2.57. The SMILES string of the molecule is Nc1ccn([C@@H]2O[C@H](CO)[C@@H](O)[C@@H]2O)[n+](=O)n1. The standard InChI is InChI=1S/C8H13N4O5/c9-5-1-2-11(12(16)10-5)8-7(15)6(14)4(3-13)17-8/h1-2,4,6-8,13-15H,3H2,(H2,9,10,16)/q+1/t4-,6-,7+,8-/m1/s1. The largest absolute Gasteiger partial charge is 0.394 e. The summed E-state index contributed by atoms with van der Waals surface area (Å²) in [4.78, 5) is 11.4. The maximum Gasteiger partial charge on any atom is 0.289 e. The molecule has 17 heavy (non-hydrogen) atoms. The summed E-state index contributed by atoms with van der Waals surface area (Å²) in [5, 5.41) is 31.5. The van der Waals surface area contributed by atoms with Gasteiger partial charge in [0.15, 0.2) is 0 Å². The first-order chi connectivity index (χ1) is 8.04. The summed E-state index contributed by atoms with van der Waals surface area (Å²) in [5.41, 5.74) is 5.30. The number of nitrogens with zero attached hydrogens (tertiary/aromatic N) is 3. The van der Waals surface area contributed by atoms with E-state index in [1.54, 1.807) is 0 Å². The van der Waals surface area contributed by atoms with Gasteiger partial charge in [-0.1, -0.05) is 4.68 Å². The van der Waals surface area contributed by atoms with Crippen LogP contribution in [0, 0.1) is 4.91 Å². The molecule has 0 radical (unpaired) electrons. The maximum atomic E-state index is 11.4. The number of hydrogen-bond acceptors (Lipinski definition) is 7. The Bertz CT molecular complexity index is 463. The van der Waals surface area contributed by atoms with E-state index in [0.29, 0.717) is 0 Å². The number of nitrogens with two attached hydrogens (primary N) is 1. The van der Waals surface area contributed by atoms with Crippen LogP contribution in [0.2, 0.25) is 0 Å². The van der Waals surface area contributed by atoms with Gasteiger partial charge in [-0.3, -0.25) is 0 Å². The van der Waals surface area contributed by atoms with Gasteiger partial charge >= 0.3 is 0 Å². The summed E-state index contributed by atoms with van der Waals surface area (Å²) in [7, 11) is 0. The number of rotatable bonds is 2. The van der Waals surface area contributed by atoms with Crippen LogP contribution in [0.5, 0.6) is 0 Å². The molecule has 1 aliphatic rings. The molecule has 1 aliphatic heterocycles. The molecule has 0 aliphatic carbocycles. The van der Waals surface area contributed by atoms with Crippen molar-refractivity contribution in [2.24, 2.45) is 0 Å². The van der Waals surface area contributed by atoms with E-state index in [1.807, 2.05) is 0 Å². The molecule has 5 N–H and O–H groups in total. The smallest absolute Gasteiger partial charge is 0.289 e. The molecular weight excluding hydrogens is 232 g/mol. The number of anilines is 1. The van der Waals surface area contributed by atoms with Gasteiger partial charge in [-0.05, 0) is 0 Å². The van der Waals surface area contributed by atoms with Crippen molar-refractivity contribution in [1.82, 2.24) is 9.78 Å². The molecule has 1 saturated heterocycles. The Labute approximate surface area is 95.2 Å². The molecule has 9 nitrogen and oxygen atoms in total. The van der Waals surface area contributed by atoms with Gasteiger partial charge < -0.3 is 25.8 Å². The molecule has 1 aromatic heterocycles. The Kier molecular flexibility index (Phi) is 3.07. The molecule has 0 amide bonds. The first-order valence-electron chi connectivity index (χ1n) is 4.95. The van der Waals surface area contributed by atoms with E-state index < -0.39 is 31.1 Å². The van der Waals surface area contributed by atoms with E-state index in [-0.39, 0.29) is 10.5 Å². The Morgan fingerprint density at radius 2 is 2.24 bits per heavy atom. The zero-order valence-electron chi connectivity index (χ0n) is 8.75. The summed E-state index contributed by atoms with van der Waals surface area (Å²) in [6.07, 6.45) is -3.39. The second-order valence-corrected chi connectivity index (χ2v) is 3.70. The zero-order valence-corrected chi connectivity index (χ0v) is 8.75. The van der Waals surface area contributed by atoms with Gasteiger partial charge in [0, 0.05) is 6.07 Å². The molecule has 4 atom stereocenters. The number of hydrogen-bond donors (Lipinski definition) is 4. The van der Waals surface area contributed by atoms with Gasteiger partial charge in [0.25, 0.3) is 4.66 Å². The van der Waals surface area contributed by atoms with Crippen molar-refractivity contribution in [3.05, 3.63) is 17.2 Å². The molecule has 0 aromatic carbocycles. The molecule has 0 bridgehead atoms. The van der Waals surface area contributed by atoms with Crippen molar-refractivity contribution in [3.8, 4) is 0 Å². The van der Waals surface area contributed by atoms with Crippen molar-refractivity contribution < 1.29 is 24.7 Å². The monoisotopic (exact) mass is 245 g/mol. The summed E-state index contributed by atoms with van der Waals surface area (Å²) in [6.45, 7) is -0.462. The fraction of sp³-hybridized carbons (Fsp3) is 0.625. The van der Waals surface area contributed by atoms with E-state index in [1.165, 1.54) is 12.3 Å². The number of ether oxygens (including phenoxy) is 1. The Hall–Kier alpha value is -1.55. The highest BCUT2D eigenvalue weighted by Gasteiger charge is 2.46. The van der Waals surface area contributed by atoms with Crippen LogP contribution in [0.25, 0.3) is 0 Å². The van der Waals surface area contributed by atoms with Crippen LogP contribution in [0.4, 0.5) is 5.82 Å². The molecule has 94 valence electrons. The zero-order chi connectivity index (χ0) is 12.6.